The third-order valence-corrected chi connectivity index (χ3v) is 3.04. The first-order valence-corrected chi connectivity index (χ1v) is 5.62. The average Bonchev–Trinajstić information content (AvgIpc) is 2.72. The van der Waals surface area contributed by atoms with Crippen molar-refractivity contribution in [1.82, 2.24) is 5.32 Å². The first kappa shape index (κ1) is 10.7. The molecule has 1 atom stereocenters. The van der Waals surface area contributed by atoms with Crippen molar-refractivity contribution in [3.63, 3.8) is 0 Å². The monoisotopic (exact) mass is 211 g/mol. The van der Waals surface area contributed by atoms with Crippen LogP contribution >= 0.6 is 0 Å². The summed E-state index contributed by atoms with van der Waals surface area (Å²) in [4.78, 5) is 0. The lowest BCUT2D eigenvalue weighted by atomic mass is 9.93. The maximum atomic E-state index is 3.89. The molecular formula is C15H17N. The summed E-state index contributed by atoms with van der Waals surface area (Å²) in [7, 11) is 0. The first-order valence-electron chi connectivity index (χ1n) is 5.62. The molecule has 0 aromatic heterocycles. The molecule has 0 radical (unpaired) electrons. The molecule has 0 amide bonds. The quantitative estimate of drug-likeness (QED) is 0.807. The third-order valence-electron chi connectivity index (χ3n) is 3.04. The van der Waals surface area contributed by atoms with Crippen molar-refractivity contribution in [3.8, 4) is 0 Å². The highest BCUT2D eigenvalue weighted by Crippen LogP contribution is 2.25. The summed E-state index contributed by atoms with van der Waals surface area (Å²) in [5.41, 5.74) is 3.80. The van der Waals surface area contributed by atoms with E-state index in [4.69, 9.17) is 0 Å². The number of hydrogen-bond donors (Lipinski definition) is 1. The lowest BCUT2D eigenvalue weighted by Gasteiger charge is -2.10. The Labute approximate surface area is 97.2 Å². The van der Waals surface area contributed by atoms with Gasteiger partial charge >= 0.3 is 0 Å². The summed E-state index contributed by atoms with van der Waals surface area (Å²) in [5.74, 6) is 0.521. The molecule has 1 aliphatic heterocycles. The van der Waals surface area contributed by atoms with E-state index >= 15 is 0 Å². The van der Waals surface area contributed by atoms with Gasteiger partial charge in [0.25, 0.3) is 0 Å². The van der Waals surface area contributed by atoms with Gasteiger partial charge in [-0.1, -0.05) is 49.6 Å². The molecule has 1 heterocycles. The maximum Gasteiger partial charge on any atom is 0.0370 e. The van der Waals surface area contributed by atoms with Crippen LogP contribution in [0.15, 0.2) is 66.9 Å². The fraction of sp³-hybridized carbons (Fsp3) is 0.200. The van der Waals surface area contributed by atoms with E-state index in [-0.39, 0.29) is 0 Å². The molecule has 0 saturated carbocycles. The van der Waals surface area contributed by atoms with E-state index in [1.807, 2.05) is 12.2 Å². The predicted molar refractivity (Wildman–Crippen MR) is 69.1 cm³/mol. The van der Waals surface area contributed by atoms with Crippen molar-refractivity contribution < 1.29 is 0 Å². The topological polar surface area (TPSA) is 12.0 Å². The van der Waals surface area contributed by atoms with Crippen molar-refractivity contribution in [2.45, 2.75) is 6.42 Å². The van der Waals surface area contributed by atoms with Crippen molar-refractivity contribution in [1.29, 1.82) is 0 Å². The standard InChI is InChI=1S/C15H17N/c1-3-14-13(11-16-15(14)4-2)10-12-8-6-5-7-9-12/h3-9,13,16H,1-2,10-11H2. The zero-order valence-corrected chi connectivity index (χ0v) is 9.45. The van der Waals surface area contributed by atoms with Gasteiger partial charge in [0.05, 0.1) is 0 Å². The number of benzene rings is 1. The third kappa shape index (κ3) is 2.08. The molecular weight excluding hydrogens is 194 g/mol. The summed E-state index contributed by atoms with van der Waals surface area (Å²) >= 11 is 0. The molecule has 1 aromatic carbocycles. The molecule has 1 nitrogen and oxygen atoms in total. The van der Waals surface area contributed by atoms with Gasteiger partial charge in [-0.25, -0.2) is 0 Å². The van der Waals surface area contributed by atoms with Crippen LogP contribution in [0.5, 0.6) is 0 Å². The van der Waals surface area contributed by atoms with E-state index in [1.165, 1.54) is 11.1 Å². The van der Waals surface area contributed by atoms with Gasteiger partial charge in [0.15, 0.2) is 0 Å². The van der Waals surface area contributed by atoms with Crippen molar-refractivity contribution in [2.24, 2.45) is 5.92 Å². The van der Waals surface area contributed by atoms with Gasteiger partial charge < -0.3 is 5.32 Å². The maximum absolute atomic E-state index is 3.89. The molecule has 0 bridgehead atoms. The number of nitrogens with one attached hydrogen (secondary N) is 1. The molecule has 1 aromatic rings. The highest BCUT2D eigenvalue weighted by atomic mass is 14.9. The molecule has 0 aliphatic carbocycles. The Bertz CT molecular complexity index is 414. The van der Waals surface area contributed by atoms with E-state index in [1.54, 1.807) is 0 Å². The molecule has 16 heavy (non-hydrogen) atoms. The summed E-state index contributed by atoms with van der Waals surface area (Å²) in [6.45, 7) is 8.69. The molecule has 0 spiro atoms. The summed E-state index contributed by atoms with van der Waals surface area (Å²) in [6.07, 6.45) is 4.89. The molecule has 2 rings (SSSR count). The van der Waals surface area contributed by atoms with E-state index in [2.05, 4.69) is 48.8 Å². The lowest BCUT2D eigenvalue weighted by Crippen LogP contribution is -2.13. The van der Waals surface area contributed by atoms with Gasteiger partial charge in [-0.15, -0.1) is 0 Å². The Morgan fingerprint density at radius 3 is 2.56 bits per heavy atom. The fourth-order valence-corrected chi connectivity index (χ4v) is 2.21. The van der Waals surface area contributed by atoms with Crippen molar-refractivity contribution in [3.05, 3.63) is 72.5 Å². The van der Waals surface area contributed by atoms with Crippen molar-refractivity contribution >= 4 is 0 Å². The zero-order valence-electron chi connectivity index (χ0n) is 9.45. The smallest absolute Gasteiger partial charge is 0.0370 e. The Morgan fingerprint density at radius 1 is 1.19 bits per heavy atom. The Hall–Kier alpha value is -1.76. The number of rotatable bonds is 4. The highest BCUT2D eigenvalue weighted by Gasteiger charge is 2.21. The van der Waals surface area contributed by atoms with Gasteiger partial charge in [0.2, 0.25) is 0 Å². The average molecular weight is 211 g/mol. The molecule has 1 unspecified atom stereocenters. The van der Waals surface area contributed by atoms with Gasteiger partial charge in [-0.05, 0) is 23.6 Å². The van der Waals surface area contributed by atoms with Crippen LogP contribution in [0.2, 0.25) is 0 Å². The molecule has 1 aliphatic rings. The number of hydrogen-bond acceptors (Lipinski definition) is 1. The van der Waals surface area contributed by atoms with Crippen LogP contribution in [0.1, 0.15) is 5.56 Å². The lowest BCUT2D eigenvalue weighted by molar-refractivity contribution is 0.634. The minimum absolute atomic E-state index is 0.521. The van der Waals surface area contributed by atoms with Crippen molar-refractivity contribution in [2.75, 3.05) is 6.54 Å². The molecule has 82 valence electrons. The van der Waals surface area contributed by atoms with E-state index in [0.717, 1.165) is 18.7 Å². The minimum atomic E-state index is 0.521. The van der Waals surface area contributed by atoms with E-state index in [0.29, 0.717) is 5.92 Å². The normalized spacial score (nSPS) is 19.4. The second-order valence-electron chi connectivity index (χ2n) is 4.04. The van der Waals surface area contributed by atoms with E-state index in [9.17, 15) is 0 Å². The van der Waals surface area contributed by atoms with Gasteiger partial charge in [-0.3, -0.25) is 0 Å². The van der Waals surface area contributed by atoms with Crippen LogP contribution < -0.4 is 5.32 Å². The fourth-order valence-electron chi connectivity index (χ4n) is 2.21. The SMILES string of the molecule is C=CC1=C(C=C)C(Cc2ccccc2)CN1. The molecule has 1 N–H and O–H groups in total. The van der Waals surface area contributed by atoms with Crippen LogP contribution in [-0.4, -0.2) is 6.54 Å². The number of allylic oxidation sites excluding steroid dienone is 2. The Kier molecular flexibility index (Phi) is 3.25. The highest BCUT2D eigenvalue weighted by molar-refractivity contribution is 5.37. The summed E-state index contributed by atoms with van der Waals surface area (Å²) < 4.78 is 0. The second kappa shape index (κ2) is 4.84. The van der Waals surface area contributed by atoms with Gasteiger partial charge in [0.1, 0.15) is 0 Å². The largest absolute Gasteiger partial charge is 0.384 e. The molecule has 1 heteroatoms. The Morgan fingerprint density at radius 2 is 1.94 bits per heavy atom. The summed E-state index contributed by atoms with van der Waals surface area (Å²) in [5, 5.41) is 3.37. The molecule has 0 saturated heterocycles. The zero-order chi connectivity index (χ0) is 11.4. The second-order valence-corrected chi connectivity index (χ2v) is 4.04. The molecule has 0 fully saturated rings. The van der Waals surface area contributed by atoms with Crippen LogP contribution in [0.4, 0.5) is 0 Å². The van der Waals surface area contributed by atoms with E-state index < -0.39 is 0 Å². The minimum Gasteiger partial charge on any atom is -0.384 e. The summed E-state index contributed by atoms with van der Waals surface area (Å²) in [6, 6.07) is 10.6. The van der Waals surface area contributed by atoms with Crippen LogP contribution in [-0.2, 0) is 6.42 Å². The van der Waals surface area contributed by atoms with Crippen LogP contribution in [0.3, 0.4) is 0 Å². The van der Waals surface area contributed by atoms with Gasteiger partial charge in [0, 0.05) is 18.2 Å². The van der Waals surface area contributed by atoms with Gasteiger partial charge in [-0.2, -0.15) is 0 Å². The Balaban J connectivity index is 2.15. The first-order chi connectivity index (χ1) is 7.85. The predicted octanol–water partition coefficient (Wildman–Crippen LogP) is 3.07. The van der Waals surface area contributed by atoms with Crippen LogP contribution in [0, 0.1) is 5.92 Å². The van der Waals surface area contributed by atoms with Crippen LogP contribution in [0.25, 0.3) is 0 Å².